The molecule has 0 amide bonds. The number of amidine groups is 1. The summed E-state index contributed by atoms with van der Waals surface area (Å²) in [7, 11) is 3.62. The van der Waals surface area contributed by atoms with Gasteiger partial charge in [-0.25, -0.2) is 4.99 Å². The molecule has 3 N–H and O–H groups in total. The number of aliphatic hydroxyl groups excluding tert-OH is 3. The van der Waals surface area contributed by atoms with Crippen molar-refractivity contribution in [3.8, 4) is 0 Å². The number of rotatable bonds is 1. The number of nitrogens with zero attached hydrogens (tertiary/aromatic N) is 2. The second kappa shape index (κ2) is 4.44. The number of hydrogen-bond acceptors (Lipinski definition) is 6. The largest absolute Gasteiger partial charge is 0.459 e. The average molecular weight is 244 g/mol. The first kappa shape index (κ1) is 12.6. The number of aliphatic imine (C=N–C) groups is 1. The standard InChI is InChI=1S/C11H20N2O4/c1-5(14)6-4-7-8(10(16)9(6)15)12-11(17-7)13(2)3/h5-10,14-16H,4H2,1-3H3/t5-,6+,7-,8+,9+,10+/m1/s1. The lowest BCUT2D eigenvalue weighted by Gasteiger charge is -2.38. The fraction of sp³-hybridized carbons (Fsp3) is 0.909. The van der Waals surface area contributed by atoms with Crippen molar-refractivity contribution in [1.29, 1.82) is 0 Å². The third-order valence-corrected chi connectivity index (χ3v) is 3.54. The van der Waals surface area contributed by atoms with E-state index in [0.717, 1.165) is 0 Å². The van der Waals surface area contributed by atoms with Crippen LogP contribution in [0.3, 0.4) is 0 Å². The normalized spacial score (nSPS) is 42.5. The van der Waals surface area contributed by atoms with E-state index in [1.165, 1.54) is 0 Å². The lowest BCUT2D eigenvalue weighted by molar-refractivity contribution is -0.111. The zero-order valence-corrected chi connectivity index (χ0v) is 10.3. The topological polar surface area (TPSA) is 85.5 Å². The van der Waals surface area contributed by atoms with Crippen LogP contribution in [-0.4, -0.2) is 70.8 Å². The molecule has 0 aromatic rings. The van der Waals surface area contributed by atoms with Crippen molar-refractivity contribution in [2.75, 3.05) is 14.1 Å². The molecule has 1 aliphatic heterocycles. The molecule has 2 rings (SSSR count). The van der Waals surface area contributed by atoms with Gasteiger partial charge < -0.3 is 25.0 Å². The molecule has 1 saturated carbocycles. The first-order chi connectivity index (χ1) is 7.91. The van der Waals surface area contributed by atoms with Crippen LogP contribution in [0.1, 0.15) is 13.3 Å². The van der Waals surface area contributed by atoms with Crippen LogP contribution in [0, 0.1) is 5.92 Å². The van der Waals surface area contributed by atoms with E-state index in [1.54, 1.807) is 11.8 Å². The van der Waals surface area contributed by atoms with Gasteiger partial charge in [0.25, 0.3) is 6.02 Å². The lowest BCUT2D eigenvalue weighted by Crippen LogP contribution is -2.54. The maximum Gasteiger partial charge on any atom is 0.287 e. The maximum atomic E-state index is 10.0. The summed E-state index contributed by atoms with van der Waals surface area (Å²) in [6.45, 7) is 1.61. The monoisotopic (exact) mass is 244 g/mol. The lowest BCUT2D eigenvalue weighted by atomic mass is 9.77. The molecule has 98 valence electrons. The molecule has 0 spiro atoms. The second-order valence-corrected chi connectivity index (χ2v) is 5.07. The summed E-state index contributed by atoms with van der Waals surface area (Å²) in [6, 6.07) is 0.0369. The summed E-state index contributed by atoms with van der Waals surface area (Å²) in [4.78, 5) is 5.99. The van der Waals surface area contributed by atoms with Crippen molar-refractivity contribution in [3.63, 3.8) is 0 Å². The van der Waals surface area contributed by atoms with Crippen molar-refractivity contribution in [1.82, 2.24) is 4.90 Å². The van der Waals surface area contributed by atoms with Gasteiger partial charge in [0.2, 0.25) is 0 Å². The van der Waals surface area contributed by atoms with Crippen LogP contribution >= 0.6 is 0 Å². The minimum atomic E-state index is -0.981. The van der Waals surface area contributed by atoms with E-state index in [2.05, 4.69) is 4.99 Å². The molecule has 1 fully saturated rings. The molecule has 17 heavy (non-hydrogen) atoms. The molecule has 6 nitrogen and oxygen atoms in total. The van der Waals surface area contributed by atoms with E-state index >= 15 is 0 Å². The Balaban J connectivity index is 2.15. The average Bonchev–Trinajstić information content (AvgIpc) is 2.67. The van der Waals surface area contributed by atoms with Gasteiger partial charge in [-0.15, -0.1) is 0 Å². The smallest absolute Gasteiger partial charge is 0.287 e. The van der Waals surface area contributed by atoms with E-state index in [1.807, 2.05) is 14.1 Å². The van der Waals surface area contributed by atoms with Crippen molar-refractivity contribution < 1.29 is 20.1 Å². The van der Waals surface area contributed by atoms with E-state index in [0.29, 0.717) is 12.4 Å². The zero-order chi connectivity index (χ0) is 12.7. The van der Waals surface area contributed by atoms with Crippen molar-refractivity contribution in [2.45, 2.75) is 43.8 Å². The highest BCUT2D eigenvalue weighted by molar-refractivity contribution is 5.75. The van der Waals surface area contributed by atoms with Crippen LogP contribution in [0.15, 0.2) is 4.99 Å². The highest BCUT2D eigenvalue weighted by Crippen LogP contribution is 2.34. The van der Waals surface area contributed by atoms with Crippen LogP contribution in [-0.2, 0) is 4.74 Å². The highest BCUT2D eigenvalue weighted by Gasteiger charge is 2.49. The molecule has 1 heterocycles. The third kappa shape index (κ3) is 2.12. The molecule has 0 bridgehead atoms. The van der Waals surface area contributed by atoms with Crippen molar-refractivity contribution in [2.24, 2.45) is 10.9 Å². The fourth-order valence-corrected chi connectivity index (χ4v) is 2.50. The van der Waals surface area contributed by atoms with Crippen molar-refractivity contribution in [3.05, 3.63) is 0 Å². The van der Waals surface area contributed by atoms with Gasteiger partial charge in [0.15, 0.2) is 0 Å². The Morgan fingerprint density at radius 2 is 2.00 bits per heavy atom. The van der Waals surface area contributed by atoms with Gasteiger partial charge >= 0.3 is 0 Å². The number of fused-ring (bicyclic) bond motifs is 1. The predicted molar refractivity (Wildman–Crippen MR) is 61.6 cm³/mol. The molecule has 0 aromatic carbocycles. The fourth-order valence-electron chi connectivity index (χ4n) is 2.50. The molecule has 6 atom stereocenters. The van der Waals surface area contributed by atoms with Gasteiger partial charge in [-0.3, -0.25) is 0 Å². The Morgan fingerprint density at radius 3 is 2.53 bits per heavy atom. The summed E-state index contributed by atoms with van der Waals surface area (Å²) >= 11 is 0. The zero-order valence-electron chi connectivity index (χ0n) is 10.3. The van der Waals surface area contributed by atoms with Crippen LogP contribution in [0.5, 0.6) is 0 Å². The molecule has 0 unspecified atom stereocenters. The quantitative estimate of drug-likeness (QED) is 0.539. The molecule has 2 aliphatic rings. The van der Waals surface area contributed by atoms with Gasteiger partial charge in [-0.2, -0.15) is 0 Å². The summed E-state index contributed by atoms with van der Waals surface area (Å²) in [5, 5.41) is 29.5. The summed E-state index contributed by atoms with van der Waals surface area (Å²) in [5.74, 6) is -0.372. The maximum absolute atomic E-state index is 10.0. The molecule has 0 radical (unpaired) electrons. The van der Waals surface area contributed by atoms with Gasteiger partial charge in [-0.1, -0.05) is 0 Å². The Bertz CT molecular complexity index is 319. The number of hydrogen-bond donors (Lipinski definition) is 3. The second-order valence-electron chi connectivity index (χ2n) is 5.07. The number of ether oxygens (including phenoxy) is 1. The molecule has 6 heteroatoms. The first-order valence-corrected chi connectivity index (χ1v) is 5.87. The highest BCUT2D eigenvalue weighted by atomic mass is 16.5. The van der Waals surface area contributed by atoms with Gasteiger partial charge in [-0.05, 0) is 13.3 Å². The molecule has 1 aliphatic carbocycles. The molecule has 0 aromatic heterocycles. The van der Waals surface area contributed by atoms with Crippen LogP contribution in [0.25, 0.3) is 0 Å². The third-order valence-electron chi connectivity index (χ3n) is 3.54. The van der Waals surface area contributed by atoms with E-state index < -0.39 is 24.4 Å². The Kier molecular flexibility index (Phi) is 3.29. The molecular formula is C11H20N2O4. The molecular weight excluding hydrogens is 224 g/mol. The summed E-state index contributed by atoms with van der Waals surface area (Å²) < 4.78 is 5.62. The SMILES string of the molecule is C[C@@H](O)[C@@H]1C[C@H]2OC(N(C)C)=N[C@@H]2[C@H](O)[C@H]1O. The Labute approximate surface area is 101 Å². The van der Waals surface area contributed by atoms with Gasteiger partial charge in [0.1, 0.15) is 18.2 Å². The first-order valence-electron chi connectivity index (χ1n) is 5.87. The Morgan fingerprint density at radius 1 is 1.35 bits per heavy atom. The predicted octanol–water partition coefficient (Wildman–Crippen LogP) is -1.21. The van der Waals surface area contributed by atoms with Gasteiger partial charge in [0.05, 0.1) is 12.2 Å². The minimum Gasteiger partial charge on any atom is -0.459 e. The van der Waals surface area contributed by atoms with Gasteiger partial charge in [0, 0.05) is 20.0 Å². The van der Waals surface area contributed by atoms with Crippen LogP contribution in [0.4, 0.5) is 0 Å². The Hall–Kier alpha value is -0.850. The summed E-state index contributed by atoms with van der Waals surface area (Å²) in [5.41, 5.74) is 0. The van der Waals surface area contributed by atoms with E-state index in [4.69, 9.17) is 4.74 Å². The minimum absolute atomic E-state index is 0.259. The van der Waals surface area contributed by atoms with Crippen LogP contribution in [0.2, 0.25) is 0 Å². The van der Waals surface area contributed by atoms with Crippen molar-refractivity contribution >= 4 is 6.02 Å². The van der Waals surface area contributed by atoms with E-state index in [9.17, 15) is 15.3 Å². The van der Waals surface area contributed by atoms with E-state index in [-0.39, 0.29) is 12.0 Å². The van der Waals surface area contributed by atoms with Crippen LogP contribution < -0.4 is 0 Å². The summed E-state index contributed by atoms with van der Waals surface area (Å²) in [6.07, 6.45) is -2.37. The molecule has 0 saturated heterocycles. The number of aliphatic hydroxyl groups is 3.